The Morgan fingerprint density at radius 2 is 1.67 bits per heavy atom. The number of nitrogens with one attached hydrogen (secondary N) is 2. The molecule has 1 aromatic heterocycles. The van der Waals surface area contributed by atoms with Gasteiger partial charge >= 0.3 is 0 Å². The Kier molecular flexibility index (Phi) is 11.1. The maximum atomic E-state index is 13.7. The second kappa shape index (κ2) is 14.2. The van der Waals surface area contributed by atoms with Crippen LogP contribution in [0.1, 0.15) is 51.4 Å². The Balaban J connectivity index is 1.74. The molecule has 2 N–H and O–H groups in total. The summed E-state index contributed by atoms with van der Waals surface area (Å²) in [4.78, 5) is 33.4. The fraction of sp³-hybridized carbons (Fsp3) is 0.452. The first kappa shape index (κ1) is 30.3. The highest BCUT2D eigenvalue weighted by Gasteiger charge is 2.30. The molecule has 0 radical (unpaired) electrons. The summed E-state index contributed by atoms with van der Waals surface area (Å²) in [5.74, 6) is 0.756. The lowest BCUT2D eigenvalue weighted by atomic mass is 10.0. The van der Waals surface area contributed by atoms with Gasteiger partial charge in [0, 0.05) is 30.3 Å². The van der Waals surface area contributed by atoms with Crippen molar-refractivity contribution < 1.29 is 14.3 Å². The van der Waals surface area contributed by atoms with Crippen LogP contribution < -0.4 is 15.4 Å². The predicted molar refractivity (Wildman–Crippen MR) is 158 cm³/mol. The van der Waals surface area contributed by atoms with Crippen LogP contribution in [0.3, 0.4) is 0 Å². The minimum Gasteiger partial charge on any atom is -0.489 e. The molecule has 0 aliphatic carbocycles. The largest absolute Gasteiger partial charge is 0.489 e. The van der Waals surface area contributed by atoms with Gasteiger partial charge in [-0.25, -0.2) is 4.98 Å². The number of carbonyl (C=O) groups is 2. The maximum absolute atomic E-state index is 13.7. The zero-order chi connectivity index (χ0) is 28.4. The molecule has 0 saturated carbocycles. The van der Waals surface area contributed by atoms with Crippen LogP contribution in [-0.2, 0) is 29.0 Å². The van der Waals surface area contributed by atoms with Gasteiger partial charge in [0.2, 0.25) is 11.8 Å². The lowest BCUT2D eigenvalue weighted by Crippen LogP contribution is -2.57. The summed E-state index contributed by atoms with van der Waals surface area (Å²) in [6, 6.07) is 16.5. The minimum absolute atomic E-state index is 0.178. The summed E-state index contributed by atoms with van der Waals surface area (Å²) in [6.45, 7) is 11.3. The molecule has 0 fully saturated rings. The van der Waals surface area contributed by atoms with Gasteiger partial charge in [-0.3, -0.25) is 14.5 Å². The third-order valence-electron chi connectivity index (χ3n) is 6.12. The summed E-state index contributed by atoms with van der Waals surface area (Å²) >= 11 is 1.51. The van der Waals surface area contributed by atoms with Gasteiger partial charge < -0.3 is 15.4 Å². The van der Waals surface area contributed by atoms with E-state index in [9.17, 15) is 9.59 Å². The predicted octanol–water partition coefficient (Wildman–Crippen LogP) is 4.86. The third kappa shape index (κ3) is 10.5. The van der Waals surface area contributed by atoms with Crippen molar-refractivity contribution in [3.05, 3.63) is 82.3 Å². The highest BCUT2D eigenvalue weighted by molar-refractivity contribution is 7.07. The molecule has 39 heavy (non-hydrogen) atoms. The van der Waals surface area contributed by atoms with Gasteiger partial charge in [-0.2, -0.15) is 0 Å². The van der Waals surface area contributed by atoms with Crippen molar-refractivity contribution >= 4 is 23.2 Å². The van der Waals surface area contributed by atoms with E-state index in [1.165, 1.54) is 11.3 Å². The molecule has 2 atom stereocenters. The minimum atomic E-state index is -0.724. The van der Waals surface area contributed by atoms with Crippen molar-refractivity contribution in [3.8, 4) is 5.75 Å². The van der Waals surface area contributed by atoms with E-state index >= 15 is 0 Å². The molecule has 0 aliphatic rings. The summed E-state index contributed by atoms with van der Waals surface area (Å²) in [5.41, 5.74) is 4.25. The first-order valence-electron chi connectivity index (χ1n) is 13.5. The van der Waals surface area contributed by atoms with Gasteiger partial charge in [-0.05, 0) is 57.0 Å². The molecule has 0 spiro atoms. The second-order valence-corrected chi connectivity index (χ2v) is 12.2. The van der Waals surface area contributed by atoms with E-state index in [0.717, 1.165) is 29.1 Å². The number of nitrogens with zero attached hydrogens (tertiary/aromatic N) is 2. The first-order valence-corrected chi connectivity index (χ1v) is 14.4. The van der Waals surface area contributed by atoms with Crippen LogP contribution in [0.2, 0.25) is 0 Å². The van der Waals surface area contributed by atoms with Crippen molar-refractivity contribution in [2.75, 3.05) is 13.6 Å². The number of aromatic nitrogens is 1. The smallest absolute Gasteiger partial charge is 0.243 e. The molecule has 8 heteroatoms. The van der Waals surface area contributed by atoms with Crippen LogP contribution in [0.15, 0.2) is 65.5 Å². The van der Waals surface area contributed by atoms with Crippen molar-refractivity contribution in [2.24, 2.45) is 5.92 Å². The Labute approximate surface area is 237 Å². The average molecular weight is 551 g/mol. The molecule has 0 aliphatic heterocycles. The standard InChI is InChI=1S/C31H42N4O3S/c1-22(2)18-35(6)28(17-25-20-39-21-32-25)30(37)33-27(29(36)34-31(3,4)5)16-23-12-14-26(15-13-23)38-19-24-10-8-7-9-11-24/h7-15,20-22,27-28H,16-19H2,1-6H3,(H,33,37)(H,34,36). The average Bonchev–Trinajstić information content (AvgIpc) is 3.39. The van der Waals surface area contributed by atoms with Crippen LogP contribution >= 0.6 is 11.3 Å². The molecule has 2 amide bonds. The topological polar surface area (TPSA) is 83.6 Å². The Morgan fingerprint density at radius 3 is 2.26 bits per heavy atom. The normalized spacial score (nSPS) is 13.2. The molecule has 7 nitrogen and oxygen atoms in total. The number of rotatable bonds is 13. The molecule has 1 heterocycles. The van der Waals surface area contributed by atoms with Crippen molar-refractivity contribution in [1.82, 2.24) is 20.5 Å². The zero-order valence-corrected chi connectivity index (χ0v) is 24.8. The van der Waals surface area contributed by atoms with E-state index in [1.54, 1.807) is 5.51 Å². The first-order chi connectivity index (χ1) is 18.5. The zero-order valence-electron chi connectivity index (χ0n) is 23.9. The number of thiazole rings is 1. The van der Waals surface area contributed by atoms with E-state index in [4.69, 9.17) is 4.74 Å². The fourth-order valence-corrected chi connectivity index (χ4v) is 4.89. The number of hydrogen-bond acceptors (Lipinski definition) is 6. The van der Waals surface area contributed by atoms with Gasteiger partial charge in [0.1, 0.15) is 18.4 Å². The second-order valence-electron chi connectivity index (χ2n) is 11.5. The van der Waals surface area contributed by atoms with Crippen LogP contribution in [0.5, 0.6) is 5.75 Å². The molecule has 0 bridgehead atoms. The molecular formula is C31H42N4O3S. The maximum Gasteiger partial charge on any atom is 0.243 e. The van der Waals surface area contributed by atoms with E-state index < -0.39 is 17.6 Å². The molecule has 3 rings (SSSR count). The molecule has 2 unspecified atom stereocenters. The number of ether oxygens (including phenoxy) is 1. The monoisotopic (exact) mass is 550 g/mol. The van der Waals surface area contributed by atoms with Crippen LogP contribution in [0.25, 0.3) is 0 Å². The number of amides is 2. The van der Waals surface area contributed by atoms with E-state index in [-0.39, 0.29) is 11.8 Å². The molecule has 3 aromatic rings. The van der Waals surface area contributed by atoms with E-state index in [1.807, 2.05) is 87.8 Å². The number of likely N-dealkylation sites (N-methyl/N-ethyl adjacent to an activating group) is 1. The molecule has 0 saturated heterocycles. The summed E-state index contributed by atoms with van der Waals surface area (Å²) in [7, 11) is 1.95. The SMILES string of the molecule is CC(C)CN(C)C(Cc1cscn1)C(=O)NC(Cc1ccc(OCc2ccccc2)cc1)C(=O)NC(C)(C)C. The van der Waals surface area contributed by atoms with Gasteiger partial charge in [-0.15, -0.1) is 11.3 Å². The van der Waals surface area contributed by atoms with Crippen LogP contribution in [0.4, 0.5) is 0 Å². The highest BCUT2D eigenvalue weighted by atomic mass is 32.1. The summed E-state index contributed by atoms with van der Waals surface area (Å²) in [6.07, 6.45) is 0.851. The Hall–Kier alpha value is -3.23. The van der Waals surface area contributed by atoms with Crippen molar-refractivity contribution in [1.29, 1.82) is 0 Å². The quantitative estimate of drug-likeness (QED) is 0.318. The highest BCUT2D eigenvalue weighted by Crippen LogP contribution is 2.17. The fourth-order valence-electron chi connectivity index (χ4n) is 4.32. The molecule has 210 valence electrons. The molecular weight excluding hydrogens is 508 g/mol. The molecule has 2 aromatic carbocycles. The summed E-state index contributed by atoms with van der Waals surface area (Å²) < 4.78 is 5.91. The van der Waals surface area contributed by atoms with Crippen LogP contribution in [-0.4, -0.2) is 52.9 Å². The third-order valence-corrected chi connectivity index (χ3v) is 6.75. The Morgan fingerprint density at radius 1 is 0.974 bits per heavy atom. The number of benzene rings is 2. The van der Waals surface area contributed by atoms with Crippen molar-refractivity contribution in [3.63, 3.8) is 0 Å². The lowest BCUT2D eigenvalue weighted by Gasteiger charge is -2.31. The number of hydrogen-bond donors (Lipinski definition) is 2. The summed E-state index contributed by atoms with van der Waals surface area (Å²) in [5, 5.41) is 8.07. The lowest BCUT2D eigenvalue weighted by molar-refractivity contribution is -0.132. The van der Waals surface area contributed by atoms with Gasteiger partial charge in [0.25, 0.3) is 0 Å². The Bertz CT molecular complexity index is 1160. The van der Waals surface area contributed by atoms with E-state index in [2.05, 4.69) is 34.4 Å². The van der Waals surface area contributed by atoms with Gasteiger partial charge in [0.15, 0.2) is 0 Å². The van der Waals surface area contributed by atoms with Crippen molar-refractivity contribution in [2.45, 2.75) is 71.7 Å². The van der Waals surface area contributed by atoms with Crippen LogP contribution in [0, 0.1) is 5.92 Å². The number of carbonyl (C=O) groups excluding carboxylic acids is 2. The van der Waals surface area contributed by atoms with Gasteiger partial charge in [-0.1, -0.05) is 56.3 Å². The van der Waals surface area contributed by atoms with E-state index in [0.29, 0.717) is 25.4 Å². The van der Waals surface area contributed by atoms with Gasteiger partial charge in [0.05, 0.1) is 17.2 Å².